The summed E-state index contributed by atoms with van der Waals surface area (Å²) in [6.07, 6.45) is 5.19. The highest BCUT2D eigenvalue weighted by molar-refractivity contribution is 7.99. The maximum atomic E-state index is 12.7. The number of nitrogens with zero attached hydrogens (tertiary/aromatic N) is 2. The SMILES string of the molecule is CC1C(=O)N2CCCCC2C(=O)N1C1CCCSC1. The van der Waals surface area contributed by atoms with Crippen molar-refractivity contribution in [2.75, 3.05) is 18.1 Å². The van der Waals surface area contributed by atoms with Crippen molar-refractivity contribution in [3.8, 4) is 0 Å². The van der Waals surface area contributed by atoms with Gasteiger partial charge in [0.25, 0.3) is 0 Å². The molecule has 3 atom stereocenters. The van der Waals surface area contributed by atoms with Crippen molar-refractivity contribution in [2.45, 2.75) is 57.2 Å². The predicted octanol–water partition coefficient (Wildman–Crippen LogP) is 1.49. The number of piperazine rings is 1. The van der Waals surface area contributed by atoms with Crippen LogP contribution in [0, 0.1) is 0 Å². The zero-order valence-corrected chi connectivity index (χ0v) is 12.3. The maximum absolute atomic E-state index is 12.7. The number of fused-ring (bicyclic) bond motifs is 1. The van der Waals surface area contributed by atoms with Crippen LogP contribution in [0.3, 0.4) is 0 Å². The van der Waals surface area contributed by atoms with Gasteiger partial charge >= 0.3 is 0 Å². The van der Waals surface area contributed by atoms with E-state index < -0.39 is 0 Å². The molecule has 3 saturated heterocycles. The zero-order chi connectivity index (χ0) is 13.4. The van der Waals surface area contributed by atoms with Gasteiger partial charge in [-0.25, -0.2) is 0 Å². The highest BCUT2D eigenvalue weighted by atomic mass is 32.2. The summed E-state index contributed by atoms with van der Waals surface area (Å²) in [5, 5.41) is 0. The van der Waals surface area contributed by atoms with Crippen molar-refractivity contribution in [1.29, 1.82) is 0 Å². The van der Waals surface area contributed by atoms with E-state index in [1.165, 1.54) is 5.75 Å². The van der Waals surface area contributed by atoms with Gasteiger partial charge in [-0.3, -0.25) is 9.59 Å². The molecular formula is C14H22N2O2S. The van der Waals surface area contributed by atoms with Crippen LogP contribution in [-0.2, 0) is 9.59 Å². The van der Waals surface area contributed by atoms with Crippen LogP contribution < -0.4 is 0 Å². The first-order valence-corrected chi connectivity index (χ1v) is 8.56. The van der Waals surface area contributed by atoms with Crippen LogP contribution in [0.4, 0.5) is 0 Å². The van der Waals surface area contributed by atoms with Crippen LogP contribution in [0.1, 0.15) is 39.0 Å². The minimum absolute atomic E-state index is 0.163. The van der Waals surface area contributed by atoms with Gasteiger partial charge in [-0.05, 0) is 44.8 Å². The summed E-state index contributed by atoms with van der Waals surface area (Å²) in [6.45, 7) is 2.68. The summed E-state index contributed by atoms with van der Waals surface area (Å²) in [4.78, 5) is 29.0. The molecule has 106 valence electrons. The van der Waals surface area contributed by atoms with Gasteiger partial charge in [0.2, 0.25) is 11.8 Å². The summed E-state index contributed by atoms with van der Waals surface area (Å²) in [5.41, 5.74) is 0. The average Bonchev–Trinajstić information content (AvgIpc) is 2.46. The summed E-state index contributed by atoms with van der Waals surface area (Å²) >= 11 is 1.91. The first kappa shape index (κ1) is 13.3. The van der Waals surface area contributed by atoms with Crippen LogP contribution >= 0.6 is 11.8 Å². The van der Waals surface area contributed by atoms with Gasteiger partial charge in [0.05, 0.1) is 0 Å². The van der Waals surface area contributed by atoms with E-state index >= 15 is 0 Å². The Hall–Kier alpha value is -0.710. The molecule has 0 saturated carbocycles. The normalized spacial score (nSPS) is 36.4. The molecule has 0 aromatic rings. The van der Waals surface area contributed by atoms with Gasteiger partial charge in [0, 0.05) is 18.3 Å². The lowest BCUT2D eigenvalue weighted by atomic mass is 9.94. The van der Waals surface area contributed by atoms with Crippen LogP contribution in [0.5, 0.6) is 0 Å². The third-order valence-electron chi connectivity index (χ3n) is 4.63. The Labute approximate surface area is 118 Å². The predicted molar refractivity (Wildman–Crippen MR) is 76.0 cm³/mol. The summed E-state index contributed by atoms with van der Waals surface area (Å²) in [5.74, 6) is 2.56. The quantitative estimate of drug-likeness (QED) is 0.732. The molecule has 3 rings (SSSR count). The lowest BCUT2D eigenvalue weighted by molar-refractivity contribution is -0.165. The molecular weight excluding hydrogens is 260 g/mol. The molecule has 3 fully saturated rings. The standard InChI is InChI=1S/C14H22N2O2S/c1-10-13(17)15-7-3-2-6-12(15)14(18)16(10)11-5-4-8-19-9-11/h10-12H,2-9H2,1H3. The number of carbonyl (C=O) groups excluding carboxylic acids is 2. The fourth-order valence-corrected chi connectivity index (χ4v) is 4.75. The lowest BCUT2D eigenvalue weighted by Crippen LogP contribution is -2.67. The molecule has 0 radical (unpaired) electrons. The van der Waals surface area contributed by atoms with E-state index in [9.17, 15) is 9.59 Å². The highest BCUT2D eigenvalue weighted by Gasteiger charge is 2.46. The van der Waals surface area contributed by atoms with Crippen molar-refractivity contribution < 1.29 is 9.59 Å². The van der Waals surface area contributed by atoms with E-state index in [1.807, 2.05) is 28.5 Å². The first-order valence-electron chi connectivity index (χ1n) is 7.40. The van der Waals surface area contributed by atoms with Gasteiger partial charge in [-0.2, -0.15) is 11.8 Å². The first-order chi connectivity index (χ1) is 9.20. The second kappa shape index (κ2) is 5.35. The van der Waals surface area contributed by atoms with Crippen LogP contribution in [0.25, 0.3) is 0 Å². The summed E-state index contributed by atoms with van der Waals surface area (Å²) < 4.78 is 0. The van der Waals surface area contributed by atoms with Gasteiger partial charge in [-0.15, -0.1) is 0 Å². The largest absolute Gasteiger partial charge is 0.329 e. The van der Waals surface area contributed by atoms with Crippen molar-refractivity contribution in [1.82, 2.24) is 9.80 Å². The van der Waals surface area contributed by atoms with Crippen LogP contribution in [0.2, 0.25) is 0 Å². The summed E-state index contributed by atoms with van der Waals surface area (Å²) in [6, 6.07) is -0.149. The van der Waals surface area contributed by atoms with Crippen LogP contribution in [-0.4, -0.2) is 57.8 Å². The van der Waals surface area contributed by atoms with E-state index in [0.717, 1.165) is 44.4 Å². The Morgan fingerprint density at radius 2 is 1.95 bits per heavy atom. The van der Waals surface area contributed by atoms with Crippen LogP contribution in [0.15, 0.2) is 0 Å². The summed E-state index contributed by atoms with van der Waals surface area (Å²) in [7, 11) is 0. The number of amides is 2. The minimum Gasteiger partial charge on any atom is -0.329 e. The third-order valence-corrected chi connectivity index (χ3v) is 5.83. The molecule has 0 aromatic carbocycles. The fourth-order valence-electron chi connectivity index (χ4n) is 3.61. The molecule has 0 bridgehead atoms. The molecule has 4 nitrogen and oxygen atoms in total. The van der Waals surface area contributed by atoms with Crippen molar-refractivity contribution >= 4 is 23.6 Å². The van der Waals surface area contributed by atoms with E-state index in [1.54, 1.807) is 0 Å². The molecule has 0 aromatic heterocycles. The molecule has 0 aliphatic carbocycles. The molecule has 3 unspecified atom stereocenters. The number of thioether (sulfide) groups is 1. The van der Waals surface area contributed by atoms with Gasteiger partial charge < -0.3 is 9.80 Å². The number of rotatable bonds is 1. The Balaban J connectivity index is 1.83. The van der Waals surface area contributed by atoms with Gasteiger partial charge in [-0.1, -0.05) is 0 Å². The van der Waals surface area contributed by atoms with E-state index in [-0.39, 0.29) is 29.9 Å². The Kier molecular flexibility index (Phi) is 3.74. The van der Waals surface area contributed by atoms with Crippen molar-refractivity contribution in [2.24, 2.45) is 0 Å². The molecule has 3 aliphatic rings. The average molecular weight is 282 g/mol. The number of hydrogen-bond acceptors (Lipinski definition) is 3. The Morgan fingerprint density at radius 3 is 2.68 bits per heavy atom. The number of hydrogen-bond donors (Lipinski definition) is 0. The molecule has 0 N–H and O–H groups in total. The lowest BCUT2D eigenvalue weighted by Gasteiger charge is -2.49. The zero-order valence-electron chi connectivity index (χ0n) is 11.5. The van der Waals surface area contributed by atoms with E-state index in [4.69, 9.17) is 0 Å². The minimum atomic E-state index is -0.259. The number of piperidine rings is 1. The molecule has 2 amide bonds. The molecule has 3 aliphatic heterocycles. The molecule has 0 spiro atoms. The smallest absolute Gasteiger partial charge is 0.246 e. The number of carbonyl (C=O) groups is 2. The topological polar surface area (TPSA) is 40.6 Å². The third kappa shape index (κ3) is 2.26. The van der Waals surface area contributed by atoms with Crippen molar-refractivity contribution in [3.05, 3.63) is 0 Å². The maximum Gasteiger partial charge on any atom is 0.246 e. The van der Waals surface area contributed by atoms with Crippen molar-refractivity contribution in [3.63, 3.8) is 0 Å². The molecule has 19 heavy (non-hydrogen) atoms. The highest BCUT2D eigenvalue weighted by Crippen LogP contribution is 2.31. The van der Waals surface area contributed by atoms with E-state index in [2.05, 4.69) is 0 Å². The Bertz CT molecular complexity index is 382. The Morgan fingerprint density at radius 1 is 1.11 bits per heavy atom. The van der Waals surface area contributed by atoms with Gasteiger partial charge in [0.1, 0.15) is 12.1 Å². The molecule has 3 heterocycles. The van der Waals surface area contributed by atoms with E-state index in [0.29, 0.717) is 0 Å². The second-order valence-electron chi connectivity index (χ2n) is 5.84. The fraction of sp³-hybridized carbons (Fsp3) is 0.857. The molecule has 5 heteroatoms. The second-order valence-corrected chi connectivity index (χ2v) is 6.99. The monoisotopic (exact) mass is 282 g/mol. The van der Waals surface area contributed by atoms with Gasteiger partial charge in [0.15, 0.2) is 0 Å².